The SMILES string of the molecule is CCOC(=O)c1sc(NC(=O)CCCSc2ccccc2)c(C(N)=O)c1C. The summed E-state index contributed by atoms with van der Waals surface area (Å²) in [5.74, 6) is -0.628. The summed E-state index contributed by atoms with van der Waals surface area (Å²) < 4.78 is 4.99. The van der Waals surface area contributed by atoms with E-state index in [-0.39, 0.29) is 23.0 Å². The maximum atomic E-state index is 12.2. The van der Waals surface area contributed by atoms with Gasteiger partial charge in [0.25, 0.3) is 5.91 Å². The highest BCUT2D eigenvalue weighted by atomic mass is 32.2. The van der Waals surface area contributed by atoms with E-state index < -0.39 is 11.9 Å². The molecule has 1 aromatic heterocycles. The molecule has 0 atom stereocenters. The highest BCUT2D eigenvalue weighted by Gasteiger charge is 2.25. The van der Waals surface area contributed by atoms with Crippen molar-refractivity contribution in [3.8, 4) is 0 Å². The van der Waals surface area contributed by atoms with Crippen molar-refractivity contribution < 1.29 is 19.1 Å². The Morgan fingerprint density at radius 3 is 2.56 bits per heavy atom. The van der Waals surface area contributed by atoms with Crippen LogP contribution >= 0.6 is 23.1 Å². The molecule has 6 nitrogen and oxygen atoms in total. The van der Waals surface area contributed by atoms with Crippen molar-refractivity contribution in [3.05, 3.63) is 46.3 Å². The Balaban J connectivity index is 1.96. The second kappa shape index (κ2) is 10.1. The molecule has 0 aliphatic heterocycles. The minimum Gasteiger partial charge on any atom is -0.462 e. The Bertz CT molecular complexity index is 819. The van der Waals surface area contributed by atoms with Crippen LogP contribution in [0.5, 0.6) is 0 Å². The number of carbonyl (C=O) groups is 3. The topological polar surface area (TPSA) is 98.5 Å². The Morgan fingerprint density at radius 2 is 1.93 bits per heavy atom. The number of thioether (sulfide) groups is 1. The highest BCUT2D eigenvalue weighted by Crippen LogP contribution is 2.33. The summed E-state index contributed by atoms with van der Waals surface area (Å²) >= 11 is 2.69. The predicted molar refractivity (Wildman–Crippen MR) is 109 cm³/mol. The number of primary amides is 1. The van der Waals surface area contributed by atoms with Gasteiger partial charge in [0.1, 0.15) is 9.88 Å². The largest absolute Gasteiger partial charge is 0.462 e. The van der Waals surface area contributed by atoms with Crippen molar-refractivity contribution in [1.82, 2.24) is 0 Å². The smallest absolute Gasteiger partial charge is 0.348 e. The summed E-state index contributed by atoms with van der Waals surface area (Å²) in [4.78, 5) is 37.4. The van der Waals surface area contributed by atoms with Crippen molar-refractivity contribution in [1.29, 1.82) is 0 Å². The lowest BCUT2D eigenvalue weighted by Gasteiger charge is -2.05. The highest BCUT2D eigenvalue weighted by molar-refractivity contribution is 7.99. The van der Waals surface area contributed by atoms with E-state index in [1.165, 1.54) is 0 Å². The number of thiophene rings is 1. The average Bonchev–Trinajstić information content (AvgIpc) is 2.96. The monoisotopic (exact) mass is 406 g/mol. The fourth-order valence-corrected chi connectivity index (χ4v) is 4.41. The number of ether oxygens (including phenoxy) is 1. The summed E-state index contributed by atoms with van der Waals surface area (Å²) in [6.45, 7) is 3.55. The van der Waals surface area contributed by atoms with Gasteiger partial charge >= 0.3 is 5.97 Å². The number of anilines is 1. The van der Waals surface area contributed by atoms with Crippen LogP contribution in [-0.2, 0) is 9.53 Å². The molecule has 3 N–H and O–H groups in total. The molecule has 0 fully saturated rings. The molecule has 0 bridgehead atoms. The molecule has 0 saturated carbocycles. The van der Waals surface area contributed by atoms with Crippen molar-refractivity contribution in [2.24, 2.45) is 5.73 Å². The van der Waals surface area contributed by atoms with Crippen LogP contribution in [-0.4, -0.2) is 30.1 Å². The van der Waals surface area contributed by atoms with Gasteiger partial charge in [-0.15, -0.1) is 23.1 Å². The van der Waals surface area contributed by atoms with Gasteiger partial charge in [0.05, 0.1) is 12.2 Å². The first-order valence-corrected chi connectivity index (χ1v) is 10.3. The van der Waals surface area contributed by atoms with E-state index in [1.54, 1.807) is 25.6 Å². The van der Waals surface area contributed by atoms with Crippen molar-refractivity contribution in [2.75, 3.05) is 17.7 Å². The molecule has 2 amide bonds. The molecule has 0 saturated heterocycles. The van der Waals surface area contributed by atoms with Gasteiger partial charge in [0, 0.05) is 11.3 Å². The molecule has 2 aromatic rings. The molecule has 0 aliphatic rings. The number of hydrogen-bond donors (Lipinski definition) is 2. The van der Waals surface area contributed by atoms with E-state index in [0.717, 1.165) is 22.0 Å². The van der Waals surface area contributed by atoms with Crippen LogP contribution in [0.2, 0.25) is 0 Å². The molecule has 0 aliphatic carbocycles. The van der Waals surface area contributed by atoms with E-state index in [2.05, 4.69) is 5.32 Å². The first kappa shape index (κ1) is 21.0. The molecular formula is C19H22N2O4S2. The molecule has 2 rings (SSSR count). The standard InChI is InChI=1S/C19H22N2O4S2/c1-3-25-19(24)16-12(2)15(17(20)23)18(27-16)21-14(22)10-7-11-26-13-8-5-4-6-9-13/h4-6,8-9H,3,7,10-11H2,1-2H3,(H2,20,23)(H,21,22). The normalized spacial score (nSPS) is 10.4. The molecule has 144 valence electrons. The lowest BCUT2D eigenvalue weighted by molar-refractivity contribution is -0.116. The summed E-state index contributed by atoms with van der Waals surface area (Å²) in [5, 5.41) is 3.01. The van der Waals surface area contributed by atoms with Crippen LogP contribution in [0.25, 0.3) is 0 Å². The number of benzene rings is 1. The number of rotatable bonds is 9. The summed E-state index contributed by atoms with van der Waals surface area (Å²) in [6, 6.07) is 9.95. The minimum absolute atomic E-state index is 0.162. The molecular weight excluding hydrogens is 384 g/mol. The number of hydrogen-bond acceptors (Lipinski definition) is 6. The third-order valence-electron chi connectivity index (χ3n) is 3.67. The number of carbonyl (C=O) groups excluding carboxylic acids is 3. The maximum Gasteiger partial charge on any atom is 0.348 e. The predicted octanol–water partition coefficient (Wildman–Crippen LogP) is 3.84. The minimum atomic E-state index is -0.686. The second-order valence-corrected chi connectivity index (χ2v) is 7.85. The summed E-state index contributed by atoms with van der Waals surface area (Å²) in [6.07, 6.45) is 0.996. The lowest BCUT2D eigenvalue weighted by Crippen LogP contribution is -2.17. The quantitative estimate of drug-likeness (QED) is 0.374. The number of amides is 2. The van der Waals surface area contributed by atoms with Crippen molar-refractivity contribution >= 4 is 45.9 Å². The van der Waals surface area contributed by atoms with E-state index >= 15 is 0 Å². The van der Waals surface area contributed by atoms with Crippen LogP contribution in [0.3, 0.4) is 0 Å². The molecule has 0 radical (unpaired) electrons. The third kappa shape index (κ3) is 5.83. The van der Waals surface area contributed by atoms with Gasteiger partial charge in [-0.1, -0.05) is 18.2 Å². The van der Waals surface area contributed by atoms with Gasteiger partial charge in [-0.25, -0.2) is 4.79 Å². The van der Waals surface area contributed by atoms with Crippen LogP contribution in [0, 0.1) is 6.92 Å². The summed E-state index contributed by atoms with van der Waals surface area (Å²) in [5.41, 5.74) is 6.02. The Hall–Kier alpha value is -2.32. The third-order valence-corrected chi connectivity index (χ3v) is 5.95. The van der Waals surface area contributed by atoms with Gasteiger partial charge in [-0.3, -0.25) is 9.59 Å². The average molecular weight is 407 g/mol. The number of nitrogens with two attached hydrogens (primary N) is 1. The van der Waals surface area contributed by atoms with E-state index in [0.29, 0.717) is 23.4 Å². The molecule has 1 heterocycles. The zero-order valence-electron chi connectivity index (χ0n) is 15.2. The zero-order chi connectivity index (χ0) is 19.8. The van der Waals surface area contributed by atoms with Crippen molar-refractivity contribution in [3.63, 3.8) is 0 Å². The van der Waals surface area contributed by atoms with Gasteiger partial charge in [-0.05, 0) is 43.7 Å². The summed E-state index contributed by atoms with van der Waals surface area (Å²) in [7, 11) is 0. The molecule has 8 heteroatoms. The Kier molecular flexibility index (Phi) is 7.87. The first-order valence-electron chi connectivity index (χ1n) is 8.52. The van der Waals surface area contributed by atoms with Gasteiger partial charge < -0.3 is 15.8 Å². The second-order valence-electron chi connectivity index (χ2n) is 5.66. The van der Waals surface area contributed by atoms with Crippen LogP contribution in [0.15, 0.2) is 35.2 Å². The molecule has 0 spiro atoms. The van der Waals surface area contributed by atoms with Crippen LogP contribution in [0.4, 0.5) is 5.00 Å². The lowest BCUT2D eigenvalue weighted by atomic mass is 10.1. The van der Waals surface area contributed by atoms with Crippen LogP contribution < -0.4 is 11.1 Å². The van der Waals surface area contributed by atoms with E-state index in [4.69, 9.17) is 10.5 Å². The van der Waals surface area contributed by atoms with Crippen LogP contribution in [0.1, 0.15) is 45.4 Å². The maximum absolute atomic E-state index is 12.2. The number of nitrogens with one attached hydrogen (secondary N) is 1. The fourth-order valence-electron chi connectivity index (χ4n) is 2.42. The number of esters is 1. The van der Waals surface area contributed by atoms with Crippen molar-refractivity contribution in [2.45, 2.75) is 31.6 Å². The molecule has 27 heavy (non-hydrogen) atoms. The Morgan fingerprint density at radius 1 is 1.22 bits per heavy atom. The van der Waals surface area contributed by atoms with Gasteiger partial charge in [0.15, 0.2) is 0 Å². The van der Waals surface area contributed by atoms with Gasteiger partial charge in [0.2, 0.25) is 5.91 Å². The zero-order valence-corrected chi connectivity index (χ0v) is 16.9. The van der Waals surface area contributed by atoms with E-state index in [9.17, 15) is 14.4 Å². The first-order chi connectivity index (χ1) is 12.9. The molecule has 1 aromatic carbocycles. The van der Waals surface area contributed by atoms with Gasteiger partial charge in [-0.2, -0.15) is 0 Å². The Labute approximate surface area is 166 Å². The van der Waals surface area contributed by atoms with E-state index in [1.807, 2.05) is 30.3 Å². The molecule has 0 unspecified atom stereocenters. The fraction of sp³-hybridized carbons (Fsp3) is 0.316.